The second kappa shape index (κ2) is 11.3. The third-order valence-corrected chi connectivity index (χ3v) is 6.52. The normalized spacial score (nSPS) is 13.0. The molecule has 0 aliphatic rings. The summed E-state index contributed by atoms with van der Waals surface area (Å²) in [7, 11) is -5.30. The molecule has 1 atom stereocenters. The average Bonchev–Trinajstić information content (AvgIpc) is 2.75. The maximum Gasteiger partial charge on any atom is 0.426 e. The number of aryl methyl sites for hydroxylation is 6. The molecule has 0 heterocycles. The van der Waals surface area contributed by atoms with Crippen molar-refractivity contribution >= 4 is 28.0 Å². The van der Waals surface area contributed by atoms with Crippen molar-refractivity contribution in [1.82, 2.24) is 0 Å². The van der Waals surface area contributed by atoms with Crippen LogP contribution in [0.25, 0.3) is 0 Å². The number of esters is 3. The average molecular weight is 575 g/mol. The van der Waals surface area contributed by atoms with E-state index in [1.54, 1.807) is 65.8 Å². The summed E-state index contributed by atoms with van der Waals surface area (Å²) < 4.78 is 86.7. The number of halogens is 3. The van der Waals surface area contributed by atoms with Crippen molar-refractivity contribution in [3.05, 3.63) is 57.6 Å². The molecule has 0 fully saturated rings. The van der Waals surface area contributed by atoms with E-state index < -0.39 is 51.5 Å². The fraction of sp³-hybridized carbons (Fsp3) is 0.423. The van der Waals surface area contributed by atoms with Gasteiger partial charge in [-0.25, -0.2) is 9.59 Å². The highest BCUT2D eigenvalue weighted by Crippen LogP contribution is 2.34. The summed E-state index contributed by atoms with van der Waals surface area (Å²) in [6.07, 6.45) is -8.88. The van der Waals surface area contributed by atoms with Crippen molar-refractivity contribution in [2.24, 2.45) is 5.41 Å². The molecule has 1 N–H and O–H groups in total. The van der Waals surface area contributed by atoms with E-state index in [9.17, 15) is 36.0 Å². The molecule has 0 bridgehead atoms. The van der Waals surface area contributed by atoms with Gasteiger partial charge in [0.15, 0.2) is 0 Å². The van der Waals surface area contributed by atoms with Gasteiger partial charge in [-0.05, 0) is 70.7 Å². The van der Waals surface area contributed by atoms with Crippen LogP contribution in [-0.4, -0.2) is 48.9 Å². The number of benzene rings is 2. The van der Waals surface area contributed by atoms with Crippen LogP contribution >= 0.6 is 0 Å². The zero-order valence-electron chi connectivity index (χ0n) is 22.3. The monoisotopic (exact) mass is 574 g/mol. The van der Waals surface area contributed by atoms with Crippen molar-refractivity contribution in [3.8, 4) is 11.5 Å². The highest BCUT2D eigenvalue weighted by Gasteiger charge is 2.57. The van der Waals surface area contributed by atoms with E-state index in [4.69, 9.17) is 14.0 Å². The van der Waals surface area contributed by atoms with Crippen molar-refractivity contribution in [3.63, 3.8) is 0 Å². The minimum atomic E-state index is -5.48. The summed E-state index contributed by atoms with van der Waals surface area (Å²) in [6, 6.07) is 6.53. The third-order valence-electron chi connectivity index (χ3n) is 5.80. The number of carbonyl (C=O) groups is 3. The molecule has 0 aliphatic carbocycles. The van der Waals surface area contributed by atoms with E-state index >= 15 is 0 Å². The molecule has 0 saturated heterocycles. The van der Waals surface area contributed by atoms with Crippen LogP contribution < -0.4 is 9.47 Å². The predicted molar refractivity (Wildman–Crippen MR) is 133 cm³/mol. The standard InChI is InChI=1S/C26H29F3O9S/c1-13-8-15(3)20(16(4)9-13)37-23(31)25(7,22(30)36-19(26(27,28)29)12-39(33,34)35)24(32)38-21-17(5)10-14(2)11-18(21)6/h8-11,19H,12H2,1-7H3,(H,33,34,35). The minimum absolute atomic E-state index is 0.0505. The first kappa shape index (κ1) is 31.8. The predicted octanol–water partition coefficient (Wildman–Crippen LogP) is 4.42. The van der Waals surface area contributed by atoms with Gasteiger partial charge in [-0.15, -0.1) is 0 Å². The Morgan fingerprint density at radius 2 is 1.10 bits per heavy atom. The van der Waals surface area contributed by atoms with Crippen LogP contribution in [0.3, 0.4) is 0 Å². The Morgan fingerprint density at radius 3 is 1.38 bits per heavy atom. The van der Waals surface area contributed by atoms with Crippen LogP contribution in [0.4, 0.5) is 13.2 Å². The van der Waals surface area contributed by atoms with Crippen LogP contribution in [0.5, 0.6) is 11.5 Å². The summed E-state index contributed by atoms with van der Waals surface area (Å²) >= 11 is 0. The Balaban J connectivity index is 2.60. The van der Waals surface area contributed by atoms with Crippen LogP contribution in [0.1, 0.15) is 40.3 Å². The quantitative estimate of drug-likeness (QED) is 0.211. The lowest BCUT2D eigenvalue weighted by Crippen LogP contribution is -2.52. The Labute approximate surface area is 224 Å². The maximum atomic E-state index is 13.5. The number of rotatable bonds is 8. The molecule has 0 spiro atoms. The van der Waals surface area contributed by atoms with Crippen LogP contribution in [0.15, 0.2) is 24.3 Å². The molecule has 9 nitrogen and oxygen atoms in total. The summed E-state index contributed by atoms with van der Waals surface area (Å²) in [5, 5.41) is 0. The topological polar surface area (TPSA) is 133 Å². The van der Waals surface area contributed by atoms with E-state index in [-0.39, 0.29) is 11.5 Å². The molecule has 0 saturated carbocycles. The van der Waals surface area contributed by atoms with Gasteiger partial charge in [0.25, 0.3) is 15.5 Å². The van der Waals surface area contributed by atoms with Gasteiger partial charge in [0.2, 0.25) is 6.10 Å². The zero-order valence-corrected chi connectivity index (χ0v) is 23.2. The molecule has 0 amide bonds. The highest BCUT2D eigenvalue weighted by molar-refractivity contribution is 7.85. The fourth-order valence-corrected chi connectivity index (χ4v) is 4.57. The maximum absolute atomic E-state index is 13.5. The largest absolute Gasteiger partial charge is 0.450 e. The number of hydrogen-bond donors (Lipinski definition) is 1. The molecule has 0 radical (unpaired) electrons. The molecular weight excluding hydrogens is 545 g/mol. The molecular formula is C26H29F3O9S. The number of ether oxygens (including phenoxy) is 3. The second-order valence-electron chi connectivity index (χ2n) is 9.54. The van der Waals surface area contributed by atoms with Gasteiger partial charge in [-0.3, -0.25) is 9.35 Å². The van der Waals surface area contributed by atoms with E-state index in [2.05, 4.69) is 4.74 Å². The molecule has 0 aliphatic heterocycles. The van der Waals surface area contributed by atoms with E-state index in [0.29, 0.717) is 29.2 Å². The molecule has 2 aromatic carbocycles. The summed E-state index contributed by atoms with van der Waals surface area (Å²) in [5.41, 5.74) is 0.162. The number of alkyl halides is 3. The Morgan fingerprint density at radius 1 is 0.769 bits per heavy atom. The molecule has 214 valence electrons. The molecule has 39 heavy (non-hydrogen) atoms. The lowest BCUT2D eigenvalue weighted by atomic mass is 9.90. The smallest absolute Gasteiger partial charge is 0.426 e. The van der Waals surface area contributed by atoms with E-state index in [1.807, 2.05) is 0 Å². The first-order chi connectivity index (χ1) is 17.7. The SMILES string of the molecule is Cc1cc(C)c(OC(=O)C(C)(C(=O)Oc2c(C)cc(C)cc2C)C(=O)OC(CS(=O)(=O)O)C(F)(F)F)c(C)c1. The van der Waals surface area contributed by atoms with Crippen LogP contribution in [0.2, 0.25) is 0 Å². The van der Waals surface area contributed by atoms with E-state index in [0.717, 1.165) is 11.1 Å². The van der Waals surface area contributed by atoms with Gasteiger partial charge in [0, 0.05) is 0 Å². The first-order valence-electron chi connectivity index (χ1n) is 11.5. The molecule has 2 rings (SSSR count). The van der Waals surface area contributed by atoms with Gasteiger partial charge in [0.05, 0.1) is 0 Å². The highest BCUT2D eigenvalue weighted by atomic mass is 32.2. The molecule has 0 aromatic heterocycles. The first-order valence-corrected chi connectivity index (χ1v) is 13.1. The van der Waals surface area contributed by atoms with Gasteiger partial charge in [-0.1, -0.05) is 35.4 Å². The van der Waals surface area contributed by atoms with Gasteiger partial charge in [-0.2, -0.15) is 21.6 Å². The third kappa shape index (κ3) is 7.57. The summed E-state index contributed by atoms with van der Waals surface area (Å²) in [6.45, 7) is 10.5. The van der Waals surface area contributed by atoms with Gasteiger partial charge < -0.3 is 14.2 Å². The Bertz CT molecular complexity index is 1290. The fourth-order valence-electron chi connectivity index (χ4n) is 3.93. The van der Waals surface area contributed by atoms with Gasteiger partial charge >= 0.3 is 24.1 Å². The van der Waals surface area contributed by atoms with Crippen molar-refractivity contribution < 1.29 is 54.7 Å². The van der Waals surface area contributed by atoms with Crippen molar-refractivity contribution in [2.45, 2.75) is 60.7 Å². The minimum Gasteiger partial charge on any atom is -0.450 e. The number of carbonyl (C=O) groups excluding carboxylic acids is 3. The zero-order chi connectivity index (χ0) is 30.1. The second-order valence-corrected chi connectivity index (χ2v) is 11.0. The van der Waals surface area contributed by atoms with Crippen LogP contribution in [-0.2, 0) is 29.2 Å². The molecule has 1 unspecified atom stereocenters. The molecule has 2 aromatic rings. The van der Waals surface area contributed by atoms with Crippen molar-refractivity contribution in [1.29, 1.82) is 0 Å². The molecule has 13 heteroatoms. The van der Waals surface area contributed by atoms with Gasteiger partial charge in [0.1, 0.15) is 17.3 Å². The summed E-state index contributed by atoms with van der Waals surface area (Å²) in [5.74, 6) is -7.50. The van der Waals surface area contributed by atoms with Crippen molar-refractivity contribution in [2.75, 3.05) is 5.75 Å². The lowest BCUT2D eigenvalue weighted by molar-refractivity contribution is -0.222. The van der Waals surface area contributed by atoms with E-state index in [1.165, 1.54) is 0 Å². The summed E-state index contributed by atoms with van der Waals surface area (Å²) in [4.78, 5) is 39.8. The Hall–Kier alpha value is -3.45. The Kier molecular flexibility index (Phi) is 9.24. The van der Waals surface area contributed by atoms with Crippen LogP contribution in [0, 0.1) is 47.0 Å². The number of hydrogen-bond acceptors (Lipinski definition) is 8. The lowest BCUT2D eigenvalue weighted by Gasteiger charge is -2.28.